The van der Waals surface area contributed by atoms with Gasteiger partial charge in [-0.3, -0.25) is 14.2 Å². The molecule has 0 unspecified atom stereocenters. The first-order chi connectivity index (χ1) is 13.7. The van der Waals surface area contributed by atoms with Crippen molar-refractivity contribution in [2.24, 2.45) is 0 Å². The van der Waals surface area contributed by atoms with E-state index < -0.39 is 15.9 Å². The zero-order valence-electron chi connectivity index (χ0n) is 14.9. The number of aromatic nitrogens is 2. The first-order valence-corrected chi connectivity index (χ1v) is 10.3. The van der Waals surface area contributed by atoms with Crippen LogP contribution in [0.2, 0.25) is 10.3 Å². The lowest BCUT2D eigenvalue weighted by Gasteiger charge is -2.10. The molecule has 3 rings (SSSR count). The van der Waals surface area contributed by atoms with E-state index in [-0.39, 0.29) is 26.3 Å². The van der Waals surface area contributed by atoms with Crippen LogP contribution >= 0.6 is 23.2 Å². The number of amides is 1. The predicted molar refractivity (Wildman–Crippen MR) is 110 cm³/mol. The fourth-order valence-electron chi connectivity index (χ4n) is 2.47. The molecule has 0 aliphatic heterocycles. The standard InChI is InChI=1S/C18H14Cl2N4O4S/c1-21-29(27,28)14-5-3-13(4-6-14)24-10-11(2-7-17(24)25)18(26)22-12-8-15(19)23-16(20)9-12/h2-10,21H,1H3,(H,22,23,26). The number of sulfonamides is 1. The second-order valence-electron chi connectivity index (χ2n) is 5.78. The third-order valence-electron chi connectivity index (χ3n) is 3.89. The molecule has 0 fully saturated rings. The van der Waals surface area contributed by atoms with E-state index in [2.05, 4.69) is 15.0 Å². The summed E-state index contributed by atoms with van der Waals surface area (Å²) in [6.45, 7) is 0. The van der Waals surface area contributed by atoms with Gasteiger partial charge in [0.2, 0.25) is 10.0 Å². The Morgan fingerprint density at radius 2 is 1.66 bits per heavy atom. The van der Waals surface area contributed by atoms with Crippen molar-refractivity contribution in [1.82, 2.24) is 14.3 Å². The Morgan fingerprint density at radius 3 is 2.24 bits per heavy atom. The zero-order valence-corrected chi connectivity index (χ0v) is 17.2. The Hall–Kier alpha value is -2.72. The molecule has 0 spiro atoms. The van der Waals surface area contributed by atoms with E-state index in [1.54, 1.807) is 0 Å². The summed E-state index contributed by atoms with van der Waals surface area (Å²) in [4.78, 5) is 28.6. The van der Waals surface area contributed by atoms with Crippen LogP contribution in [0.3, 0.4) is 0 Å². The van der Waals surface area contributed by atoms with Crippen LogP contribution in [0.4, 0.5) is 5.69 Å². The number of nitrogens with one attached hydrogen (secondary N) is 2. The molecule has 0 saturated carbocycles. The lowest BCUT2D eigenvalue weighted by atomic mass is 10.2. The van der Waals surface area contributed by atoms with Gasteiger partial charge >= 0.3 is 0 Å². The van der Waals surface area contributed by atoms with Gasteiger partial charge in [-0.2, -0.15) is 0 Å². The maximum Gasteiger partial charge on any atom is 0.257 e. The first kappa shape index (κ1) is 21.0. The Labute approximate surface area is 176 Å². The summed E-state index contributed by atoms with van der Waals surface area (Å²) in [5, 5.41) is 2.86. The largest absolute Gasteiger partial charge is 0.322 e. The molecule has 150 valence electrons. The number of benzene rings is 1. The van der Waals surface area contributed by atoms with Gasteiger partial charge in [0.15, 0.2) is 0 Å². The fraction of sp³-hybridized carbons (Fsp3) is 0.0556. The number of hydrogen-bond acceptors (Lipinski definition) is 5. The van der Waals surface area contributed by atoms with Crippen LogP contribution < -0.4 is 15.6 Å². The summed E-state index contributed by atoms with van der Waals surface area (Å²) >= 11 is 11.6. The number of pyridine rings is 2. The molecule has 11 heteroatoms. The van der Waals surface area contributed by atoms with E-state index in [1.165, 1.54) is 66.3 Å². The highest BCUT2D eigenvalue weighted by molar-refractivity contribution is 7.89. The van der Waals surface area contributed by atoms with Crippen molar-refractivity contribution >= 4 is 44.8 Å². The van der Waals surface area contributed by atoms with Crippen LogP contribution in [-0.4, -0.2) is 30.9 Å². The summed E-state index contributed by atoms with van der Waals surface area (Å²) in [7, 11) is -2.29. The number of rotatable bonds is 5. The number of carbonyl (C=O) groups is 1. The van der Waals surface area contributed by atoms with Gasteiger partial charge in [0.1, 0.15) is 10.3 Å². The molecule has 0 bridgehead atoms. The Morgan fingerprint density at radius 1 is 1.03 bits per heavy atom. The minimum absolute atomic E-state index is 0.0529. The van der Waals surface area contributed by atoms with Gasteiger partial charge < -0.3 is 5.32 Å². The first-order valence-electron chi connectivity index (χ1n) is 8.11. The van der Waals surface area contributed by atoms with Crippen LogP contribution in [-0.2, 0) is 10.0 Å². The minimum Gasteiger partial charge on any atom is -0.322 e. The Balaban J connectivity index is 1.92. The van der Waals surface area contributed by atoms with Crippen LogP contribution in [0.15, 0.2) is 64.4 Å². The summed E-state index contributed by atoms with van der Waals surface area (Å²) in [5.41, 5.74) is 0.551. The number of carbonyl (C=O) groups excluding carboxylic acids is 1. The molecule has 0 atom stereocenters. The van der Waals surface area contributed by atoms with Crippen molar-refractivity contribution < 1.29 is 13.2 Å². The second kappa shape index (κ2) is 8.34. The molecule has 1 aromatic carbocycles. The van der Waals surface area contributed by atoms with E-state index in [1.807, 2.05) is 0 Å². The van der Waals surface area contributed by atoms with Crippen molar-refractivity contribution in [1.29, 1.82) is 0 Å². The maximum atomic E-state index is 12.5. The molecule has 3 aromatic rings. The lowest BCUT2D eigenvalue weighted by molar-refractivity contribution is 0.102. The molecule has 0 radical (unpaired) electrons. The van der Waals surface area contributed by atoms with Crippen LogP contribution in [0.5, 0.6) is 0 Å². The molecule has 0 aliphatic carbocycles. The summed E-state index contributed by atoms with van der Waals surface area (Å²) in [5.74, 6) is -0.494. The Kier molecular flexibility index (Phi) is 6.04. The highest BCUT2D eigenvalue weighted by Crippen LogP contribution is 2.19. The SMILES string of the molecule is CNS(=O)(=O)c1ccc(-n2cc(C(=O)Nc3cc(Cl)nc(Cl)c3)ccc2=O)cc1. The molecule has 8 nitrogen and oxygen atoms in total. The van der Waals surface area contributed by atoms with Crippen molar-refractivity contribution in [2.75, 3.05) is 12.4 Å². The monoisotopic (exact) mass is 452 g/mol. The molecule has 1 amide bonds. The molecule has 2 aromatic heterocycles. The lowest BCUT2D eigenvalue weighted by Crippen LogP contribution is -2.21. The molecule has 29 heavy (non-hydrogen) atoms. The number of anilines is 1. The fourth-order valence-corrected chi connectivity index (χ4v) is 3.66. The molecule has 2 heterocycles. The topological polar surface area (TPSA) is 110 Å². The highest BCUT2D eigenvalue weighted by Gasteiger charge is 2.13. The predicted octanol–water partition coefficient (Wildman–Crippen LogP) is 2.70. The average Bonchev–Trinajstić information content (AvgIpc) is 2.67. The summed E-state index contributed by atoms with van der Waals surface area (Å²) in [6.07, 6.45) is 1.35. The van der Waals surface area contributed by atoms with Gasteiger partial charge in [-0.25, -0.2) is 18.1 Å². The van der Waals surface area contributed by atoms with Gasteiger partial charge in [-0.1, -0.05) is 23.2 Å². The van der Waals surface area contributed by atoms with Crippen molar-refractivity contribution in [3.8, 4) is 5.69 Å². The van der Waals surface area contributed by atoms with Gasteiger partial charge in [-0.15, -0.1) is 0 Å². The maximum absolute atomic E-state index is 12.5. The van der Waals surface area contributed by atoms with Crippen molar-refractivity contribution in [2.45, 2.75) is 4.90 Å². The van der Waals surface area contributed by atoms with Crippen molar-refractivity contribution in [3.05, 3.63) is 81.0 Å². The third kappa shape index (κ3) is 4.83. The molecular weight excluding hydrogens is 439 g/mol. The number of nitrogens with zero attached hydrogens (tertiary/aromatic N) is 2. The smallest absolute Gasteiger partial charge is 0.257 e. The quantitative estimate of drug-likeness (QED) is 0.578. The summed E-state index contributed by atoms with van der Waals surface area (Å²) < 4.78 is 27.1. The number of halogens is 2. The van der Waals surface area contributed by atoms with E-state index >= 15 is 0 Å². The molecule has 0 aliphatic rings. The second-order valence-corrected chi connectivity index (χ2v) is 8.44. The molecule has 0 saturated heterocycles. The normalized spacial score (nSPS) is 11.3. The van der Waals surface area contributed by atoms with Crippen molar-refractivity contribution in [3.63, 3.8) is 0 Å². The van der Waals surface area contributed by atoms with Gasteiger partial charge in [0, 0.05) is 23.6 Å². The van der Waals surface area contributed by atoms with E-state index in [9.17, 15) is 18.0 Å². The Bertz CT molecular complexity index is 1220. The van der Waals surface area contributed by atoms with Crippen LogP contribution in [0.25, 0.3) is 5.69 Å². The van der Waals surface area contributed by atoms with E-state index in [0.717, 1.165) is 0 Å². The van der Waals surface area contributed by atoms with E-state index in [4.69, 9.17) is 23.2 Å². The average molecular weight is 453 g/mol. The van der Waals surface area contributed by atoms with E-state index in [0.29, 0.717) is 11.4 Å². The van der Waals surface area contributed by atoms with Crippen LogP contribution in [0, 0.1) is 0 Å². The van der Waals surface area contributed by atoms with Gasteiger partial charge in [0.25, 0.3) is 11.5 Å². The minimum atomic E-state index is -3.60. The van der Waals surface area contributed by atoms with Gasteiger partial charge in [-0.05, 0) is 49.5 Å². The highest BCUT2D eigenvalue weighted by atomic mass is 35.5. The third-order valence-corrected chi connectivity index (χ3v) is 5.71. The molecule has 2 N–H and O–H groups in total. The van der Waals surface area contributed by atoms with Crippen LogP contribution in [0.1, 0.15) is 10.4 Å². The molecular formula is C18H14Cl2N4O4S. The zero-order chi connectivity index (χ0) is 21.2. The summed E-state index contributed by atoms with van der Waals surface area (Å²) in [6, 6.07) is 11.1. The number of hydrogen-bond donors (Lipinski definition) is 2. The van der Waals surface area contributed by atoms with Gasteiger partial charge in [0.05, 0.1) is 10.5 Å².